The Morgan fingerprint density at radius 1 is 0.405 bits per heavy atom. The Labute approximate surface area is 223 Å². The Hall–Kier alpha value is -3.64. The summed E-state index contributed by atoms with van der Waals surface area (Å²) < 4.78 is 0. The lowest BCUT2D eigenvalue weighted by molar-refractivity contribution is 0.667. The molecule has 0 aliphatic heterocycles. The van der Waals surface area contributed by atoms with Gasteiger partial charge >= 0.3 is 0 Å². The predicted molar refractivity (Wildman–Crippen MR) is 168 cm³/mol. The minimum atomic E-state index is -0.0439. The van der Waals surface area contributed by atoms with Crippen LogP contribution in [0.1, 0.15) is 66.5 Å². The van der Waals surface area contributed by atoms with E-state index in [1.54, 1.807) is 0 Å². The highest BCUT2D eigenvalue weighted by Crippen LogP contribution is 2.53. The van der Waals surface area contributed by atoms with Crippen LogP contribution in [-0.2, 0) is 5.41 Å². The van der Waals surface area contributed by atoms with Gasteiger partial charge in [-0.1, -0.05) is 128 Å². The van der Waals surface area contributed by atoms with Crippen molar-refractivity contribution in [2.75, 3.05) is 0 Å². The molecule has 0 amide bonds. The molecule has 188 valence electrons. The molecule has 0 saturated heterocycles. The SMILES string of the molecule is CC.CC.CC.CC1(C)c2cc3c(ccc4ccccc43)cc2-c2ccc3cc4ccccc4cc3c21. The molecule has 0 heterocycles. The van der Waals surface area contributed by atoms with Crippen LogP contribution < -0.4 is 0 Å². The second-order valence-corrected chi connectivity index (χ2v) is 9.44. The van der Waals surface area contributed by atoms with Crippen LogP contribution in [0, 0.1) is 0 Å². The maximum absolute atomic E-state index is 2.46. The Morgan fingerprint density at radius 2 is 0.946 bits per heavy atom. The molecule has 6 aromatic rings. The van der Waals surface area contributed by atoms with Gasteiger partial charge in [0, 0.05) is 5.41 Å². The van der Waals surface area contributed by atoms with Crippen LogP contribution in [0.2, 0.25) is 0 Å². The van der Waals surface area contributed by atoms with Crippen molar-refractivity contribution in [1.29, 1.82) is 0 Å². The maximum atomic E-state index is 2.46. The van der Waals surface area contributed by atoms with Crippen LogP contribution in [0.3, 0.4) is 0 Å². The molecule has 6 aromatic carbocycles. The Bertz CT molecular complexity index is 1700. The fourth-order valence-corrected chi connectivity index (χ4v) is 5.84. The van der Waals surface area contributed by atoms with Gasteiger partial charge in [0.15, 0.2) is 0 Å². The van der Waals surface area contributed by atoms with Crippen LogP contribution in [0.5, 0.6) is 0 Å². The van der Waals surface area contributed by atoms with Crippen molar-refractivity contribution in [3.8, 4) is 11.1 Å². The largest absolute Gasteiger partial charge is 0.0683 e. The van der Waals surface area contributed by atoms with E-state index < -0.39 is 0 Å². The number of rotatable bonds is 0. The van der Waals surface area contributed by atoms with Gasteiger partial charge in [0.2, 0.25) is 0 Å². The fourth-order valence-electron chi connectivity index (χ4n) is 5.84. The quantitative estimate of drug-likeness (QED) is 0.148. The molecule has 0 aromatic heterocycles. The highest BCUT2D eigenvalue weighted by Gasteiger charge is 2.37. The van der Waals surface area contributed by atoms with E-state index in [2.05, 4.69) is 111 Å². The van der Waals surface area contributed by atoms with Gasteiger partial charge in [-0.2, -0.15) is 0 Å². The van der Waals surface area contributed by atoms with Crippen molar-refractivity contribution >= 4 is 43.1 Å². The summed E-state index contributed by atoms with van der Waals surface area (Å²) in [5.41, 5.74) is 5.63. The van der Waals surface area contributed by atoms with E-state index >= 15 is 0 Å². The van der Waals surface area contributed by atoms with Crippen molar-refractivity contribution < 1.29 is 0 Å². The molecule has 0 unspecified atom stereocenters. The molecule has 0 fully saturated rings. The van der Waals surface area contributed by atoms with Gasteiger partial charge in [-0.3, -0.25) is 0 Å². The molecule has 0 heteroatoms. The summed E-state index contributed by atoms with van der Waals surface area (Å²) in [6, 6.07) is 36.2. The average molecular weight is 485 g/mol. The highest BCUT2D eigenvalue weighted by atomic mass is 14.4. The van der Waals surface area contributed by atoms with Crippen LogP contribution in [0.15, 0.2) is 97.1 Å². The summed E-state index contributed by atoms with van der Waals surface area (Å²) in [5, 5.41) is 10.6. The Balaban J connectivity index is 0.000000500. The normalized spacial score (nSPS) is 12.5. The van der Waals surface area contributed by atoms with Crippen LogP contribution in [-0.4, -0.2) is 0 Å². The topological polar surface area (TPSA) is 0 Å². The average Bonchev–Trinajstić information content (AvgIpc) is 3.20. The van der Waals surface area contributed by atoms with E-state index in [4.69, 9.17) is 0 Å². The molecule has 0 bridgehead atoms. The van der Waals surface area contributed by atoms with E-state index in [9.17, 15) is 0 Å². The van der Waals surface area contributed by atoms with E-state index in [0.717, 1.165) is 0 Å². The van der Waals surface area contributed by atoms with Crippen LogP contribution in [0.25, 0.3) is 54.2 Å². The Kier molecular flexibility index (Phi) is 7.69. The van der Waals surface area contributed by atoms with E-state index in [1.807, 2.05) is 41.5 Å². The van der Waals surface area contributed by atoms with Crippen molar-refractivity contribution in [2.24, 2.45) is 0 Å². The zero-order valence-corrected chi connectivity index (χ0v) is 23.7. The van der Waals surface area contributed by atoms with Gasteiger partial charge < -0.3 is 0 Å². The second-order valence-electron chi connectivity index (χ2n) is 9.44. The third-order valence-electron chi connectivity index (χ3n) is 7.36. The molecule has 0 radical (unpaired) electrons. The summed E-state index contributed by atoms with van der Waals surface area (Å²) in [6.07, 6.45) is 0. The lowest BCUT2D eigenvalue weighted by atomic mass is 9.79. The smallest absolute Gasteiger partial charge is 0.0165 e. The molecule has 0 saturated carbocycles. The van der Waals surface area contributed by atoms with Gasteiger partial charge in [0.25, 0.3) is 0 Å². The highest BCUT2D eigenvalue weighted by molar-refractivity contribution is 6.11. The van der Waals surface area contributed by atoms with Crippen molar-refractivity contribution in [3.63, 3.8) is 0 Å². The van der Waals surface area contributed by atoms with Crippen molar-refractivity contribution in [3.05, 3.63) is 108 Å². The molecule has 0 spiro atoms. The second kappa shape index (κ2) is 10.8. The predicted octanol–water partition coefficient (Wildman–Crippen LogP) is 11.7. The third-order valence-corrected chi connectivity index (χ3v) is 7.36. The molecular weight excluding hydrogens is 444 g/mol. The van der Waals surface area contributed by atoms with Crippen molar-refractivity contribution in [2.45, 2.75) is 60.8 Å². The summed E-state index contributed by atoms with van der Waals surface area (Å²) in [6.45, 7) is 16.8. The van der Waals surface area contributed by atoms with Gasteiger partial charge in [-0.05, 0) is 89.6 Å². The monoisotopic (exact) mass is 484 g/mol. The summed E-state index contributed by atoms with van der Waals surface area (Å²) >= 11 is 0. The first-order valence-electron chi connectivity index (χ1n) is 14.0. The summed E-state index contributed by atoms with van der Waals surface area (Å²) in [5.74, 6) is 0. The first kappa shape index (κ1) is 26.4. The molecule has 37 heavy (non-hydrogen) atoms. The van der Waals surface area contributed by atoms with Gasteiger partial charge in [-0.25, -0.2) is 0 Å². The maximum Gasteiger partial charge on any atom is 0.0165 e. The summed E-state index contributed by atoms with van der Waals surface area (Å²) in [4.78, 5) is 0. The third kappa shape index (κ3) is 4.19. The van der Waals surface area contributed by atoms with Gasteiger partial charge in [-0.15, -0.1) is 0 Å². The molecule has 0 N–H and O–H groups in total. The lowest BCUT2D eigenvalue weighted by Gasteiger charge is -2.24. The zero-order chi connectivity index (χ0) is 26.7. The fraction of sp³-hybridized carbons (Fsp3) is 0.243. The Morgan fingerprint density at radius 3 is 1.65 bits per heavy atom. The van der Waals surface area contributed by atoms with E-state index in [1.165, 1.54) is 65.3 Å². The molecule has 1 aliphatic rings. The number of hydrogen-bond donors (Lipinski definition) is 0. The zero-order valence-electron chi connectivity index (χ0n) is 23.7. The van der Waals surface area contributed by atoms with E-state index in [0.29, 0.717) is 0 Å². The molecular formula is C37H40. The standard InChI is InChI=1S/C31H22.3C2H6/c1-31(2)29-18-26-23(12-11-19-7-5-6-10-24(19)26)17-28(29)25-14-13-22-15-20-8-3-4-9-21(20)16-27(22)30(25)31;3*1-2/h3-18H,1-2H3;3*1-2H3. The summed E-state index contributed by atoms with van der Waals surface area (Å²) in [7, 11) is 0. The molecule has 0 atom stereocenters. The van der Waals surface area contributed by atoms with Gasteiger partial charge in [0.05, 0.1) is 0 Å². The van der Waals surface area contributed by atoms with E-state index in [-0.39, 0.29) is 5.41 Å². The first-order chi connectivity index (χ1) is 18.1. The van der Waals surface area contributed by atoms with Crippen LogP contribution >= 0.6 is 0 Å². The van der Waals surface area contributed by atoms with Crippen molar-refractivity contribution in [1.82, 2.24) is 0 Å². The molecule has 0 nitrogen and oxygen atoms in total. The van der Waals surface area contributed by atoms with Crippen LogP contribution in [0.4, 0.5) is 0 Å². The number of hydrogen-bond acceptors (Lipinski definition) is 0. The minimum Gasteiger partial charge on any atom is -0.0683 e. The van der Waals surface area contributed by atoms with Gasteiger partial charge in [0.1, 0.15) is 0 Å². The molecule has 1 aliphatic carbocycles. The number of benzene rings is 6. The lowest BCUT2D eigenvalue weighted by Crippen LogP contribution is -2.15. The number of fused-ring (bicyclic) bond motifs is 9. The molecule has 7 rings (SSSR count). The minimum absolute atomic E-state index is 0.0439. The first-order valence-corrected chi connectivity index (χ1v) is 14.0.